The molecule has 0 bridgehead atoms. The molecule has 0 aliphatic carbocycles. The van der Waals surface area contributed by atoms with E-state index in [1.54, 1.807) is 19.5 Å². The third kappa shape index (κ3) is 4.57. The molecule has 1 N–H and O–H groups in total. The highest BCUT2D eigenvalue weighted by atomic mass is 28.4. The Morgan fingerprint density at radius 1 is 1.29 bits per heavy atom. The fourth-order valence-electron chi connectivity index (χ4n) is 0.503. The molecule has 0 saturated carbocycles. The summed E-state index contributed by atoms with van der Waals surface area (Å²) in [7, 11) is 0.0632. The zero-order valence-electron chi connectivity index (χ0n) is 10.1. The lowest BCUT2D eigenvalue weighted by Crippen LogP contribution is -2.43. The van der Waals surface area contributed by atoms with Crippen LogP contribution in [0.1, 0.15) is 20.8 Å². The number of nitrogens with zero attached hydrogens (tertiary/aromatic N) is 1. The summed E-state index contributed by atoms with van der Waals surface area (Å²) < 4.78 is 5.68. The Kier molecular flexibility index (Phi) is 5.08. The van der Waals surface area contributed by atoms with E-state index < -0.39 is 8.32 Å². The Labute approximate surface area is 88.4 Å². The lowest BCUT2D eigenvalue weighted by Gasteiger charge is -2.34. The van der Waals surface area contributed by atoms with E-state index >= 15 is 0 Å². The predicted octanol–water partition coefficient (Wildman–Crippen LogP) is 2.73. The van der Waals surface area contributed by atoms with Crippen LogP contribution in [0.15, 0.2) is 17.3 Å². The van der Waals surface area contributed by atoms with Gasteiger partial charge in [-0.2, -0.15) is 0 Å². The Bertz CT molecular complexity index is 217. The maximum absolute atomic E-state index is 5.68. The van der Waals surface area contributed by atoms with Crippen molar-refractivity contribution in [3.8, 4) is 0 Å². The number of nitrogens with one attached hydrogen (secondary N) is 1. The fraction of sp³-hybridized carbons (Fsp3) is 0.700. The van der Waals surface area contributed by atoms with E-state index in [2.05, 4.69) is 44.3 Å². The molecule has 0 aromatic rings. The highest BCUT2D eigenvalue weighted by molar-refractivity contribution is 6.74. The Morgan fingerprint density at radius 2 is 1.86 bits per heavy atom. The molecule has 0 aliphatic heterocycles. The van der Waals surface area contributed by atoms with Crippen molar-refractivity contribution >= 4 is 14.5 Å². The molecule has 0 fully saturated rings. The molecule has 0 atom stereocenters. The number of aliphatic imine (C=N–C) groups is 1. The fourth-order valence-corrected chi connectivity index (χ4v) is 1.17. The molecule has 14 heavy (non-hydrogen) atoms. The summed E-state index contributed by atoms with van der Waals surface area (Å²) in [5.41, 5.74) is 2.86. The number of allylic oxidation sites excluding steroid dienone is 1. The van der Waals surface area contributed by atoms with Gasteiger partial charge >= 0.3 is 0 Å². The molecule has 0 aliphatic rings. The van der Waals surface area contributed by atoms with E-state index in [9.17, 15) is 0 Å². The van der Waals surface area contributed by atoms with Crippen LogP contribution >= 0.6 is 0 Å². The van der Waals surface area contributed by atoms with Gasteiger partial charge in [-0.3, -0.25) is 10.5 Å². The van der Waals surface area contributed by atoms with Crippen LogP contribution in [0.5, 0.6) is 0 Å². The van der Waals surface area contributed by atoms with Crippen molar-refractivity contribution in [1.29, 1.82) is 0 Å². The van der Waals surface area contributed by atoms with E-state index in [0.717, 1.165) is 0 Å². The summed E-state index contributed by atoms with van der Waals surface area (Å²) >= 11 is 0. The average Bonchev–Trinajstić information content (AvgIpc) is 2.02. The third-order valence-electron chi connectivity index (χ3n) is 2.52. The van der Waals surface area contributed by atoms with Crippen molar-refractivity contribution in [2.24, 2.45) is 4.99 Å². The van der Waals surface area contributed by atoms with Crippen LogP contribution in [0.3, 0.4) is 0 Å². The van der Waals surface area contributed by atoms with Gasteiger partial charge in [-0.25, -0.2) is 0 Å². The zero-order valence-corrected chi connectivity index (χ0v) is 11.1. The summed E-state index contributed by atoms with van der Waals surface area (Å²) in [6.45, 7) is 11.0. The van der Waals surface area contributed by atoms with Crippen molar-refractivity contribution in [2.75, 3.05) is 7.05 Å². The van der Waals surface area contributed by atoms with E-state index in [4.69, 9.17) is 4.53 Å². The molecule has 0 saturated heterocycles. The second-order valence-corrected chi connectivity index (χ2v) is 9.47. The van der Waals surface area contributed by atoms with Crippen molar-refractivity contribution in [3.63, 3.8) is 0 Å². The molecular weight excluding hydrogens is 192 g/mol. The maximum atomic E-state index is 5.68. The lowest BCUT2D eigenvalue weighted by atomic mass is 10.2. The molecule has 0 spiro atoms. The lowest BCUT2D eigenvalue weighted by molar-refractivity contribution is 0.217. The van der Waals surface area contributed by atoms with Gasteiger partial charge in [-0.05, 0) is 24.2 Å². The zero-order chi connectivity index (χ0) is 11.2. The topological polar surface area (TPSA) is 33.6 Å². The average molecular weight is 214 g/mol. The molecule has 82 valence electrons. The first-order valence-electron chi connectivity index (χ1n) is 4.82. The van der Waals surface area contributed by atoms with Gasteiger partial charge in [0, 0.05) is 19.5 Å². The van der Waals surface area contributed by atoms with Crippen molar-refractivity contribution in [1.82, 2.24) is 5.48 Å². The molecule has 4 heteroatoms. The van der Waals surface area contributed by atoms with Crippen LogP contribution in [0.25, 0.3) is 0 Å². The molecule has 0 aromatic carbocycles. The van der Waals surface area contributed by atoms with Gasteiger partial charge in [0.2, 0.25) is 8.32 Å². The Morgan fingerprint density at radius 3 is 2.29 bits per heavy atom. The predicted molar refractivity (Wildman–Crippen MR) is 65.0 cm³/mol. The van der Waals surface area contributed by atoms with Crippen molar-refractivity contribution < 1.29 is 4.53 Å². The van der Waals surface area contributed by atoms with E-state index in [1.807, 2.05) is 6.08 Å². The summed E-state index contributed by atoms with van der Waals surface area (Å²) in [5.74, 6) is 0. The number of hydroxylamine groups is 1. The molecule has 0 aromatic heterocycles. The largest absolute Gasteiger partial charge is 0.322 e. The van der Waals surface area contributed by atoms with E-state index in [0.29, 0.717) is 0 Å². The first kappa shape index (κ1) is 13.4. The molecule has 3 nitrogen and oxygen atoms in total. The Balaban J connectivity index is 4.01. The smallest absolute Gasteiger partial charge is 0.228 e. The number of hydrogen-bond donors (Lipinski definition) is 1. The third-order valence-corrected chi connectivity index (χ3v) is 6.76. The normalized spacial score (nSPS) is 14.1. The summed E-state index contributed by atoms with van der Waals surface area (Å²) in [5, 5.41) is 0.229. The monoisotopic (exact) mass is 214 g/mol. The Hall–Kier alpha value is -0.613. The summed E-state index contributed by atoms with van der Waals surface area (Å²) in [4.78, 5) is 3.82. The SMILES string of the molecule is CN=C/C=C/NO[Si](C)(C)C(C)(C)C. The summed E-state index contributed by atoms with van der Waals surface area (Å²) in [6, 6.07) is 0. The van der Waals surface area contributed by atoms with Gasteiger partial charge in [0.25, 0.3) is 0 Å². The van der Waals surface area contributed by atoms with Gasteiger partial charge < -0.3 is 4.53 Å². The molecule has 0 rings (SSSR count). The van der Waals surface area contributed by atoms with E-state index in [-0.39, 0.29) is 5.04 Å². The van der Waals surface area contributed by atoms with Gasteiger partial charge in [-0.15, -0.1) is 0 Å². The van der Waals surface area contributed by atoms with Crippen LogP contribution in [0.2, 0.25) is 18.1 Å². The molecule has 0 unspecified atom stereocenters. The maximum Gasteiger partial charge on any atom is 0.228 e. The minimum Gasteiger partial charge on any atom is -0.322 e. The van der Waals surface area contributed by atoms with Crippen LogP contribution in [-0.2, 0) is 4.53 Å². The number of rotatable bonds is 4. The van der Waals surface area contributed by atoms with Crippen LogP contribution in [-0.4, -0.2) is 21.6 Å². The second-order valence-electron chi connectivity index (χ2n) is 4.75. The standard InChI is InChI=1S/C10H22N2OSi/c1-10(2,3)14(5,6)13-12-9-7-8-11-4/h7-9,12H,1-6H3/b9-7+,11-8?. The summed E-state index contributed by atoms with van der Waals surface area (Å²) in [6.07, 6.45) is 5.28. The quantitative estimate of drug-likeness (QED) is 0.443. The molecular formula is C10H22N2OSi. The van der Waals surface area contributed by atoms with Gasteiger partial charge in [0.15, 0.2) is 0 Å². The first-order valence-corrected chi connectivity index (χ1v) is 7.73. The minimum atomic E-state index is -1.67. The van der Waals surface area contributed by atoms with Gasteiger partial charge in [-0.1, -0.05) is 20.8 Å². The van der Waals surface area contributed by atoms with Gasteiger partial charge in [0.1, 0.15) is 0 Å². The van der Waals surface area contributed by atoms with Gasteiger partial charge in [0.05, 0.1) is 0 Å². The van der Waals surface area contributed by atoms with Crippen LogP contribution < -0.4 is 5.48 Å². The van der Waals surface area contributed by atoms with Crippen LogP contribution in [0.4, 0.5) is 0 Å². The van der Waals surface area contributed by atoms with Crippen molar-refractivity contribution in [3.05, 3.63) is 12.3 Å². The molecule has 0 radical (unpaired) electrons. The van der Waals surface area contributed by atoms with Crippen LogP contribution in [0, 0.1) is 0 Å². The molecule has 0 amide bonds. The minimum absolute atomic E-state index is 0.229. The highest BCUT2D eigenvalue weighted by Gasteiger charge is 2.38. The second kappa shape index (κ2) is 5.31. The van der Waals surface area contributed by atoms with Crippen molar-refractivity contribution in [2.45, 2.75) is 38.9 Å². The number of hydrogen-bond acceptors (Lipinski definition) is 3. The van der Waals surface area contributed by atoms with E-state index in [1.165, 1.54) is 0 Å². The molecule has 0 heterocycles. The highest BCUT2D eigenvalue weighted by Crippen LogP contribution is 2.35. The first-order chi connectivity index (χ1) is 6.31.